The van der Waals surface area contributed by atoms with E-state index in [4.69, 9.17) is 4.74 Å². The molecule has 1 aliphatic heterocycles. The highest BCUT2D eigenvalue weighted by Crippen LogP contribution is 2.16. The van der Waals surface area contributed by atoms with Crippen molar-refractivity contribution < 1.29 is 14.3 Å². The van der Waals surface area contributed by atoms with Crippen molar-refractivity contribution in [3.63, 3.8) is 0 Å². The van der Waals surface area contributed by atoms with Crippen molar-refractivity contribution >= 4 is 17.5 Å². The van der Waals surface area contributed by atoms with E-state index in [-0.39, 0.29) is 24.3 Å². The van der Waals surface area contributed by atoms with Crippen molar-refractivity contribution in [1.29, 1.82) is 0 Å². The summed E-state index contributed by atoms with van der Waals surface area (Å²) in [6.07, 6.45) is 0.696. The van der Waals surface area contributed by atoms with Gasteiger partial charge in [0.1, 0.15) is 5.75 Å². The summed E-state index contributed by atoms with van der Waals surface area (Å²) in [7, 11) is 0. The number of ether oxygens (including phenoxy) is 1. The largest absolute Gasteiger partial charge is 0.491 e. The molecule has 0 aliphatic carbocycles. The molecule has 2 amide bonds. The fourth-order valence-corrected chi connectivity index (χ4v) is 3.57. The molecule has 0 atom stereocenters. The van der Waals surface area contributed by atoms with Crippen molar-refractivity contribution in [3.05, 3.63) is 60.2 Å². The molecule has 30 heavy (non-hydrogen) atoms. The van der Waals surface area contributed by atoms with Gasteiger partial charge in [-0.15, -0.1) is 0 Å². The Morgan fingerprint density at radius 1 is 1.00 bits per heavy atom. The lowest BCUT2D eigenvalue weighted by molar-refractivity contribution is -0.131. The molecule has 2 aromatic rings. The number of hydrogen-bond acceptors (Lipinski definition) is 4. The molecule has 2 aromatic carbocycles. The van der Waals surface area contributed by atoms with Gasteiger partial charge >= 0.3 is 0 Å². The first-order valence-corrected chi connectivity index (χ1v) is 10.6. The van der Waals surface area contributed by atoms with Gasteiger partial charge in [0, 0.05) is 44.8 Å². The van der Waals surface area contributed by atoms with Crippen LogP contribution >= 0.6 is 0 Å². The number of benzene rings is 2. The van der Waals surface area contributed by atoms with Gasteiger partial charge in [-0.1, -0.05) is 30.3 Å². The summed E-state index contributed by atoms with van der Waals surface area (Å²) in [5.74, 6) is 0.772. The summed E-state index contributed by atoms with van der Waals surface area (Å²) in [5.41, 5.74) is 2.09. The second-order valence-corrected chi connectivity index (χ2v) is 7.79. The Bertz CT molecular complexity index is 831. The molecule has 1 saturated heterocycles. The quantitative estimate of drug-likeness (QED) is 0.728. The minimum absolute atomic E-state index is 0.0848. The molecule has 0 aromatic heterocycles. The third kappa shape index (κ3) is 6.51. The van der Waals surface area contributed by atoms with E-state index in [1.165, 1.54) is 5.69 Å². The number of para-hydroxylation sites is 1. The number of nitrogens with zero attached hydrogens (tertiary/aromatic N) is 2. The average Bonchev–Trinajstić information content (AvgIpc) is 2.74. The second-order valence-electron chi connectivity index (χ2n) is 7.79. The summed E-state index contributed by atoms with van der Waals surface area (Å²) in [6.45, 7) is 7.39. The zero-order valence-electron chi connectivity index (χ0n) is 17.8. The van der Waals surface area contributed by atoms with Crippen LogP contribution in [0.4, 0.5) is 5.69 Å². The SMILES string of the molecule is CC(C)Oc1cccc(CC(=O)NCCC(=O)N2CCN(c3ccccc3)CC2)c1. The minimum Gasteiger partial charge on any atom is -0.491 e. The van der Waals surface area contributed by atoms with Crippen molar-refractivity contribution in [3.8, 4) is 5.75 Å². The van der Waals surface area contributed by atoms with Crippen LogP contribution in [-0.2, 0) is 16.0 Å². The van der Waals surface area contributed by atoms with Crippen LogP contribution in [0.3, 0.4) is 0 Å². The minimum atomic E-state index is -0.0848. The van der Waals surface area contributed by atoms with Gasteiger partial charge in [-0.3, -0.25) is 9.59 Å². The molecule has 0 radical (unpaired) electrons. The first-order chi connectivity index (χ1) is 14.5. The third-order valence-corrected chi connectivity index (χ3v) is 5.05. The standard InChI is InChI=1S/C24H31N3O3/c1-19(2)30-22-10-6-7-20(17-22)18-23(28)25-12-11-24(29)27-15-13-26(14-16-27)21-8-4-3-5-9-21/h3-10,17,19H,11-16,18H2,1-2H3,(H,25,28). The predicted octanol–water partition coefficient (Wildman–Crippen LogP) is 2.87. The molecule has 0 unspecified atom stereocenters. The maximum absolute atomic E-state index is 12.5. The van der Waals surface area contributed by atoms with Crippen LogP contribution in [0.25, 0.3) is 0 Å². The lowest BCUT2D eigenvalue weighted by atomic mass is 10.1. The zero-order chi connectivity index (χ0) is 21.3. The molecular weight excluding hydrogens is 378 g/mol. The van der Waals surface area contributed by atoms with Crippen LogP contribution in [0.1, 0.15) is 25.8 Å². The molecule has 160 valence electrons. The van der Waals surface area contributed by atoms with Gasteiger partial charge in [0.2, 0.25) is 11.8 Å². The molecule has 1 aliphatic rings. The maximum Gasteiger partial charge on any atom is 0.224 e. The molecule has 6 nitrogen and oxygen atoms in total. The van der Waals surface area contributed by atoms with E-state index in [1.807, 2.05) is 61.2 Å². The molecule has 1 fully saturated rings. The van der Waals surface area contributed by atoms with Crippen LogP contribution in [0.2, 0.25) is 0 Å². The summed E-state index contributed by atoms with van der Waals surface area (Å²) in [4.78, 5) is 28.9. The number of hydrogen-bond donors (Lipinski definition) is 1. The molecule has 1 N–H and O–H groups in total. The Kier molecular flexibility index (Phi) is 7.71. The van der Waals surface area contributed by atoms with Gasteiger partial charge in [-0.2, -0.15) is 0 Å². The number of rotatable bonds is 8. The van der Waals surface area contributed by atoms with Crippen molar-refractivity contribution in [2.75, 3.05) is 37.6 Å². The highest BCUT2D eigenvalue weighted by molar-refractivity contribution is 5.80. The summed E-state index contributed by atoms with van der Waals surface area (Å²) in [6, 6.07) is 17.8. The zero-order valence-corrected chi connectivity index (χ0v) is 17.8. The molecule has 1 heterocycles. The van der Waals surface area contributed by atoms with E-state index in [0.29, 0.717) is 26.1 Å². The Morgan fingerprint density at radius 3 is 2.43 bits per heavy atom. The first kappa shape index (κ1) is 21.7. The highest BCUT2D eigenvalue weighted by Gasteiger charge is 2.21. The topological polar surface area (TPSA) is 61.9 Å². The lowest BCUT2D eigenvalue weighted by Crippen LogP contribution is -2.49. The fraction of sp³-hybridized carbons (Fsp3) is 0.417. The molecular formula is C24H31N3O3. The van der Waals surface area contributed by atoms with E-state index in [9.17, 15) is 9.59 Å². The van der Waals surface area contributed by atoms with E-state index in [2.05, 4.69) is 22.3 Å². The lowest BCUT2D eigenvalue weighted by Gasteiger charge is -2.36. The van der Waals surface area contributed by atoms with Crippen molar-refractivity contribution in [2.24, 2.45) is 0 Å². The Morgan fingerprint density at radius 2 is 1.73 bits per heavy atom. The smallest absolute Gasteiger partial charge is 0.224 e. The number of anilines is 1. The number of amides is 2. The van der Waals surface area contributed by atoms with Gasteiger partial charge in [0.15, 0.2) is 0 Å². The number of nitrogens with one attached hydrogen (secondary N) is 1. The molecule has 6 heteroatoms. The van der Waals surface area contributed by atoms with Crippen LogP contribution < -0.4 is 15.0 Å². The Hall–Kier alpha value is -3.02. The van der Waals surface area contributed by atoms with Gasteiger partial charge < -0.3 is 19.9 Å². The van der Waals surface area contributed by atoms with E-state index in [0.717, 1.165) is 24.4 Å². The normalized spacial score (nSPS) is 14.0. The van der Waals surface area contributed by atoms with Gasteiger partial charge in [-0.05, 0) is 43.7 Å². The van der Waals surface area contributed by atoms with Crippen LogP contribution in [0.15, 0.2) is 54.6 Å². The molecule has 0 spiro atoms. The van der Waals surface area contributed by atoms with Gasteiger partial charge in [0.05, 0.1) is 12.5 Å². The van der Waals surface area contributed by atoms with Crippen LogP contribution in [0.5, 0.6) is 5.75 Å². The van der Waals surface area contributed by atoms with Crippen LogP contribution in [-0.4, -0.2) is 55.5 Å². The monoisotopic (exact) mass is 409 g/mol. The van der Waals surface area contributed by atoms with E-state index in [1.54, 1.807) is 0 Å². The van der Waals surface area contributed by atoms with Crippen LogP contribution in [0, 0.1) is 0 Å². The second kappa shape index (κ2) is 10.7. The maximum atomic E-state index is 12.5. The predicted molar refractivity (Wildman–Crippen MR) is 119 cm³/mol. The van der Waals surface area contributed by atoms with Gasteiger partial charge in [0.25, 0.3) is 0 Å². The molecule has 0 saturated carbocycles. The summed E-state index contributed by atoms with van der Waals surface area (Å²) in [5, 5.41) is 2.86. The Labute approximate surface area is 178 Å². The number of carbonyl (C=O) groups excluding carboxylic acids is 2. The summed E-state index contributed by atoms with van der Waals surface area (Å²) >= 11 is 0. The van der Waals surface area contributed by atoms with Gasteiger partial charge in [-0.25, -0.2) is 0 Å². The van der Waals surface area contributed by atoms with E-state index >= 15 is 0 Å². The molecule has 0 bridgehead atoms. The molecule has 3 rings (SSSR count). The average molecular weight is 410 g/mol. The number of piperazine rings is 1. The third-order valence-electron chi connectivity index (χ3n) is 5.05. The van der Waals surface area contributed by atoms with Crippen molar-refractivity contribution in [2.45, 2.75) is 32.8 Å². The highest BCUT2D eigenvalue weighted by atomic mass is 16.5. The fourth-order valence-electron chi connectivity index (χ4n) is 3.57. The first-order valence-electron chi connectivity index (χ1n) is 10.6. The van der Waals surface area contributed by atoms with Crippen molar-refractivity contribution in [1.82, 2.24) is 10.2 Å². The number of carbonyl (C=O) groups is 2. The van der Waals surface area contributed by atoms with E-state index < -0.39 is 0 Å². The Balaban J connectivity index is 1.37. The summed E-state index contributed by atoms with van der Waals surface area (Å²) < 4.78 is 5.67.